The fourth-order valence-electron chi connectivity index (χ4n) is 0.773. The number of carbonyl (C=O) groups is 2. The van der Waals surface area contributed by atoms with E-state index < -0.39 is 11.8 Å². The van der Waals surface area contributed by atoms with E-state index in [1.807, 2.05) is 0 Å². The van der Waals surface area contributed by atoms with Gasteiger partial charge in [0, 0.05) is 13.7 Å². The first kappa shape index (κ1) is 11.1. The molecule has 0 radical (unpaired) electrons. The van der Waals surface area contributed by atoms with Gasteiger partial charge in [-0.05, 0) is 0 Å². The minimum Gasteiger partial charge on any atom is -0.383 e. The van der Waals surface area contributed by atoms with Gasteiger partial charge in [-0.2, -0.15) is 0 Å². The molecule has 0 fully saturated rings. The summed E-state index contributed by atoms with van der Waals surface area (Å²) in [6, 6.07) is 0. The van der Waals surface area contributed by atoms with Crippen LogP contribution in [0.2, 0.25) is 0 Å². The average molecular weight is 213 g/mol. The Labute approximate surface area is 85.6 Å². The van der Waals surface area contributed by atoms with Crippen LogP contribution in [-0.2, 0) is 14.3 Å². The fourth-order valence-corrected chi connectivity index (χ4v) is 0.773. The number of nitrogens with zero attached hydrogens (tertiary/aromatic N) is 3. The summed E-state index contributed by atoms with van der Waals surface area (Å²) in [5.74, 6) is -1.52. The van der Waals surface area contributed by atoms with Gasteiger partial charge in [-0.1, -0.05) is 0 Å². The van der Waals surface area contributed by atoms with E-state index in [-0.39, 0.29) is 6.54 Å². The predicted octanol–water partition coefficient (Wildman–Crippen LogP) is -1.89. The van der Waals surface area contributed by atoms with Crippen molar-refractivity contribution < 1.29 is 14.3 Å². The van der Waals surface area contributed by atoms with Crippen LogP contribution < -0.4 is 10.7 Å². The lowest BCUT2D eigenvalue weighted by Gasteiger charge is -2.05. The number of amides is 2. The van der Waals surface area contributed by atoms with E-state index in [9.17, 15) is 9.59 Å². The van der Waals surface area contributed by atoms with E-state index in [4.69, 9.17) is 4.74 Å². The third-order valence-corrected chi connectivity index (χ3v) is 1.45. The summed E-state index contributed by atoms with van der Waals surface area (Å²) in [7, 11) is 1.50. The summed E-state index contributed by atoms with van der Waals surface area (Å²) in [6.45, 7) is 0.635. The van der Waals surface area contributed by atoms with Crippen molar-refractivity contribution in [2.24, 2.45) is 0 Å². The molecule has 0 aliphatic rings. The maximum Gasteiger partial charge on any atom is 0.328 e. The van der Waals surface area contributed by atoms with Crippen molar-refractivity contribution in [3.05, 3.63) is 12.7 Å². The van der Waals surface area contributed by atoms with Crippen molar-refractivity contribution in [3.63, 3.8) is 0 Å². The molecule has 0 aromatic carbocycles. The van der Waals surface area contributed by atoms with Crippen molar-refractivity contribution >= 4 is 11.8 Å². The molecule has 0 bridgehead atoms. The van der Waals surface area contributed by atoms with E-state index in [1.165, 1.54) is 24.4 Å². The zero-order chi connectivity index (χ0) is 11.1. The highest BCUT2D eigenvalue weighted by Crippen LogP contribution is 1.77. The summed E-state index contributed by atoms with van der Waals surface area (Å²) < 4.78 is 5.89. The smallest absolute Gasteiger partial charge is 0.328 e. The van der Waals surface area contributed by atoms with Crippen LogP contribution in [0, 0.1) is 0 Å². The van der Waals surface area contributed by atoms with E-state index >= 15 is 0 Å². The second kappa shape index (κ2) is 5.70. The first-order valence-electron chi connectivity index (χ1n) is 4.17. The third kappa shape index (κ3) is 3.73. The fraction of sp³-hybridized carbons (Fsp3) is 0.429. The SMILES string of the molecule is COCCNC(=O)C(=O)Nn1cnnc1. The number of hydrogen-bond acceptors (Lipinski definition) is 5. The lowest BCUT2D eigenvalue weighted by atomic mass is 10.5. The summed E-state index contributed by atoms with van der Waals surface area (Å²) >= 11 is 0. The quantitative estimate of drug-likeness (QED) is 0.450. The molecule has 82 valence electrons. The number of carbonyl (C=O) groups excluding carboxylic acids is 2. The molecule has 1 aromatic rings. The molecule has 1 aromatic heterocycles. The van der Waals surface area contributed by atoms with Gasteiger partial charge in [-0.15, -0.1) is 10.2 Å². The summed E-state index contributed by atoms with van der Waals surface area (Å²) in [5, 5.41) is 9.28. The average Bonchev–Trinajstić information content (AvgIpc) is 2.70. The highest BCUT2D eigenvalue weighted by Gasteiger charge is 2.12. The highest BCUT2D eigenvalue weighted by atomic mass is 16.5. The molecule has 2 N–H and O–H groups in total. The third-order valence-electron chi connectivity index (χ3n) is 1.45. The highest BCUT2D eigenvalue weighted by molar-refractivity contribution is 6.38. The molecule has 0 aliphatic carbocycles. The largest absolute Gasteiger partial charge is 0.383 e. The van der Waals surface area contributed by atoms with Gasteiger partial charge >= 0.3 is 11.8 Å². The van der Waals surface area contributed by atoms with Crippen LogP contribution in [0.15, 0.2) is 12.7 Å². The minimum absolute atomic E-state index is 0.283. The van der Waals surface area contributed by atoms with Gasteiger partial charge in [0.1, 0.15) is 12.7 Å². The van der Waals surface area contributed by atoms with Crippen LogP contribution in [0.1, 0.15) is 0 Å². The zero-order valence-corrected chi connectivity index (χ0v) is 8.14. The summed E-state index contributed by atoms with van der Waals surface area (Å²) in [5.41, 5.74) is 2.25. The molecular formula is C7H11N5O3. The normalized spacial score (nSPS) is 9.67. The first-order chi connectivity index (χ1) is 7.24. The predicted molar refractivity (Wildman–Crippen MR) is 49.3 cm³/mol. The first-order valence-corrected chi connectivity index (χ1v) is 4.17. The molecule has 0 spiro atoms. The Kier molecular flexibility index (Phi) is 4.23. The Morgan fingerprint density at radius 1 is 1.33 bits per heavy atom. The van der Waals surface area contributed by atoms with Crippen molar-refractivity contribution in [2.45, 2.75) is 0 Å². The van der Waals surface area contributed by atoms with E-state index in [1.54, 1.807) is 0 Å². The topological polar surface area (TPSA) is 98.1 Å². The molecule has 15 heavy (non-hydrogen) atoms. The van der Waals surface area contributed by atoms with E-state index in [2.05, 4.69) is 20.9 Å². The second-order valence-electron chi connectivity index (χ2n) is 2.56. The number of aromatic nitrogens is 3. The van der Waals surface area contributed by atoms with Gasteiger partial charge in [-0.25, -0.2) is 4.68 Å². The molecule has 8 nitrogen and oxygen atoms in total. The molecule has 0 saturated carbocycles. The number of methoxy groups -OCH3 is 1. The van der Waals surface area contributed by atoms with Crippen LogP contribution in [0.5, 0.6) is 0 Å². The van der Waals surface area contributed by atoms with Gasteiger partial charge in [0.25, 0.3) is 0 Å². The lowest BCUT2D eigenvalue weighted by molar-refractivity contribution is -0.136. The van der Waals surface area contributed by atoms with Crippen LogP contribution in [0.25, 0.3) is 0 Å². The second-order valence-corrected chi connectivity index (χ2v) is 2.56. The molecule has 2 amide bonds. The van der Waals surface area contributed by atoms with Gasteiger partial charge in [0.05, 0.1) is 6.61 Å². The van der Waals surface area contributed by atoms with Gasteiger partial charge in [0.2, 0.25) is 0 Å². The lowest BCUT2D eigenvalue weighted by Crippen LogP contribution is -2.39. The Hall–Kier alpha value is -1.96. The Balaban J connectivity index is 2.30. The van der Waals surface area contributed by atoms with E-state index in [0.29, 0.717) is 6.61 Å². The summed E-state index contributed by atoms with van der Waals surface area (Å²) in [4.78, 5) is 22.3. The summed E-state index contributed by atoms with van der Waals surface area (Å²) in [6.07, 6.45) is 2.53. The Morgan fingerprint density at radius 2 is 2.00 bits per heavy atom. The monoisotopic (exact) mass is 213 g/mol. The molecule has 8 heteroatoms. The molecule has 0 atom stereocenters. The van der Waals surface area contributed by atoms with Crippen LogP contribution in [0.3, 0.4) is 0 Å². The number of ether oxygens (including phenoxy) is 1. The molecule has 1 heterocycles. The van der Waals surface area contributed by atoms with Crippen molar-refractivity contribution in [3.8, 4) is 0 Å². The van der Waals surface area contributed by atoms with Crippen molar-refractivity contribution in [1.82, 2.24) is 20.2 Å². The van der Waals surface area contributed by atoms with E-state index in [0.717, 1.165) is 0 Å². The maximum atomic E-state index is 11.2. The standard InChI is InChI=1S/C7H11N5O3/c1-15-3-2-8-6(13)7(14)11-12-4-9-10-5-12/h4-5H,2-3H2,1H3,(H,8,13)(H,11,14). The number of hydrogen-bond donors (Lipinski definition) is 2. The maximum absolute atomic E-state index is 11.2. The molecule has 0 unspecified atom stereocenters. The minimum atomic E-state index is -0.786. The Bertz CT molecular complexity index is 323. The van der Waals surface area contributed by atoms with Crippen LogP contribution in [-0.4, -0.2) is 46.9 Å². The van der Waals surface area contributed by atoms with Crippen LogP contribution in [0.4, 0.5) is 0 Å². The van der Waals surface area contributed by atoms with Crippen LogP contribution >= 0.6 is 0 Å². The molecule has 0 aliphatic heterocycles. The zero-order valence-electron chi connectivity index (χ0n) is 8.14. The molecule has 1 rings (SSSR count). The van der Waals surface area contributed by atoms with Gasteiger partial charge in [0.15, 0.2) is 0 Å². The number of nitrogens with one attached hydrogen (secondary N) is 2. The van der Waals surface area contributed by atoms with Crippen molar-refractivity contribution in [2.75, 3.05) is 25.7 Å². The van der Waals surface area contributed by atoms with Gasteiger partial charge in [-0.3, -0.25) is 15.0 Å². The van der Waals surface area contributed by atoms with Crippen molar-refractivity contribution in [1.29, 1.82) is 0 Å². The molecule has 0 saturated heterocycles. The molecular weight excluding hydrogens is 202 g/mol. The number of rotatable bonds is 4. The van der Waals surface area contributed by atoms with Gasteiger partial charge < -0.3 is 10.1 Å². The Morgan fingerprint density at radius 3 is 2.60 bits per heavy atom.